The van der Waals surface area contributed by atoms with Gasteiger partial charge in [0.25, 0.3) is 0 Å². The molecule has 1 rings (SSSR count). The molecule has 12 heavy (non-hydrogen) atoms. The van der Waals surface area contributed by atoms with Crippen LogP contribution in [0.2, 0.25) is 0 Å². The Balaban J connectivity index is 2.03. The van der Waals surface area contributed by atoms with Crippen LogP contribution >= 0.6 is 0 Å². The maximum Gasteiger partial charge on any atom is 0.00105 e. The Labute approximate surface area is 76.3 Å². The second-order valence-corrected chi connectivity index (χ2v) is 3.69. The van der Waals surface area contributed by atoms with Crippen LogP contribution in [-0.2, 0) is 0 Å². The zero-order valence-corrected chi connectivity index (χ0v) is 8.47. The Hall–Kier alpha value is -0.0800. The van der Waals surface area contributed by atoms with E-state index in [0.29, 0.717) is 0 Å². The first-order chi connectivity index (χ1) is 5.86. The van der Waals surface area contributed by atoms with Gasteiger partial charge in [0.2, 0.25) is 0 Å². The average molecular weight is 170 g/mol. The lowest BCUT2D eigenvalue weighted by Gasteiger charge is -2.12. The van der Waals surface area contributed by atoms with E-state index in [1.807, 2.05) is 0 Å². The number of hydrogen-bond donors (Lipinski definition) is 1. The van der Waals surface area contributed by atoms with Gasteiger partial charge in [0.05, 0.1) is 0 Å². The Morgan fingerprint density at radius 3 is 2.83 bits per heavy atom. The van der Waals surface area contributed by atoms with E-state index in [0.717, 1.165) is 12.5 Å². The third-order valence-electron chi connectivity index (χ3n) is 2.80. The van der Waals surface area contributed by atoms with E-state index in [9.17, 15) is 0 Å². The monoisotopic (exact) mass is 170 g/mol. The fourth-order valence-electron chi connectivity index (χ4n) is 1.92. The maximum absolute atomic E-state index is 3.39. The molecule has 0 radical (unpaired) electrons. The molecular formula is C10H22N2. The standard InChI is InChI=1S/C10H22N2/c1-3-11-7-5-10-6-8-12(4-2)9-10/h10-11H,3-9H2,1-2H3. The average Bonchev–Trinajstić information content (AvgIpc) is 2.53. The Kier molecular flexibility index (Phi) is 4.62. The summed E-state index contributed by atoms with van der Waals surface area (Å²) >= 11 is 0. The Morgan fingerprint density at radius 1 is 1.42 bits per heavy atom. The first-order valence-electron chi connectivity index (χ1n) is 5.29. The van der Waals surface area contributed by atoms with E-state index < -0.39 is 0 Å². The highest BCUT2D eigenvalue weighted by Gasteiger charge is 2.19. The van der Waals surface area contributed by atoms with E-state index in [4.69, 9.17) is 0 Å². The topological polar surface area (TPSA) is 15.3 Å². The Morgan fingerprint density at radius 2 is 2.25 bits per heavy atom. The number of nitrogens with zero attached hydrogens (tertiary/aromatic N) is 1. The molecule has 1 fully saturated rings. The van der Waals surface area contributed by atoms with Crippen molar-refractivity contribution in [3.63, 3.8) is 0 Å². The van der Waals surface area contributed by atoms with Gasteiger partial charge in [-0.2, -0.15) is 0 Å². The van der Waals surface area contributed by atoms with Gasteiger partial charge in [0.15, 0.2) is 0 Å². The number of nitrogens with one attached hydrogen (secondary N) is 1. The first kappa shape index (κ1) is 10.0. The van der Waals surface area contributed by atoms with Gasteiger partial charge < -0.3 is 10.2 Å². The summed E-state index contributed by atoms with van der Waals surface area (Å²) in [6.45, 7) is 10.6. The zero-order valence-electron chi connectivity index (χ0n) is 8.47. The molecule has 0 aromatic carbocycles. The number of hydrogen-bond acceptors (Lipinski definition) is 2. The SMILES string of the molecule is CCNCCC1CCN(CC)C1. The lowest BCUT2D eigenvalue weighted by Crippen LogP contribution is -2.22. The largest absolute Gasteiger partial charge is 0.317 e. The minimum absolute atomic E-state index is 0.962. The van der Waals surface area contributed by atoms with Gasteiger partial charge in [-0.1, -0.05) is 13.8 Å². The molecule has 72 valence electrons. The first-order valence-corrected chi connectivity index (χ1v) is 5.29. The van der Waals surface area contributed by atoms with Gasteiger partial charge in [-0.3, -0.25) is 0 Å². The van der Waals surface area contributed by atoms with Crippen LogP contribution in [-0.4, -0.2) is 37.6 Å². The number of rotatable bonds is 5. The summed E-state index contributed by atoms with van der Waals surface area (Å²) in [4.78, 5) is 2.55. The van der Waals surface area contributed by atoms with Crippen molar-refractivity contribution in [3.8, 4) is 0 Å². The molecule has 1 saturated heterocycles. The molecule has 0 saturated carbocycles. The quantitative estimate of drug-likeness (QED) is 0.626. The lowest BCUT2D eigenvalue weighted by molar-refractivity contribution is 0.337. The van der Waals surface area contributed by atoms with Gasteiger partial charge >= 0.3 is 0 Å². The molecule has 1 N–H and O–H groups in total. The third-order valence-corrected chi connectivity index (χ3v) is 2.80. The van der Waals surface area contributed by atoms with Crippen LogP contribution in [0.3, 0.4) is 0 Å². The van der Waals surface area contributed by atoms with E-state index in [-0.39, 0.29) is 0 Å². The van der Waals surface area contributed by atoms with Gasteiger partial charge in [0, 0.05) is 6.54 Å². The molecule has 1 aliphatic heterocycles. The normalized spacial score (nSPS) is 25.0. The van der Waals surface area contributed by atoms with Crippen molar-refractivity contribution in [2.24, 2.45) is 5.92 Å². The van der Waals surface area contributed by atoms with Crippen LogP contribution in [0.5, 0.6) is 0 Å². The van der Waals surface area contributed by atoms with Crippen molar-refractivity contribution in [1.29, 1.82) is 0 Å². The van der Waals surface area contributed by atoms with E-state index in [1.165, 1.54) is 39.0 Å². The van der Waals surface area contributed by atoms with Crippen molar-refractivity contribution in [2.45, 2.75) is 26.7 Å². The van der Waals surface area contributed by atoms with E-state index >= 15 is 0 Å². The summed E-state index contributed by atoms with van der Waals surface area (Å²) in [6, 6.07) is 0. The molecule has 1 atom stereocenters. The molecule has 0 spiro atoms. The number of likely N-dealkylation sites (tertiary alicyclic amines) is 1. The van der Waals surface area contributed by atoms with Crippen LogP contribution in [0.25, 0.3) is 0 Å². The van der Waals surface area contributed by atoms with Crippen molar-refractivity contribution < 1.29 is 0 Å². The minimum Gasteiger partial charge on any atom is -0.317 e. The molecule has 2 nitrogen and oxygen atoms in total. The highest BCUT2D eigenvalue weighted by molar-refractivity contribution is 4.74. The maximum atomic E-state index is 3.39. The molecule has 1 heterocycles. The summed E-state index contributed by atoms with van der Waals surface area (Å²) in [5.41, 5.74) is 0. The predicted octanol–water partition coefficient (Wildman–Crippen LogP) is 1.33. The van der Waals surface area contributed by atoms with E-state index in [1.54, 1.807) is 0 Å². The third kappa shape index (κ3) is 3.11. The van der Waals surface area contributed by atoms with Gasteiger partial charge in [0.1, 0.15) is 0 Å². The molecule has 2 heteroatoms. The Bertz CT molecular complexity index is 114. The van der Waals surface area contributed by atoms with Gasteiger partial charge in [-0.25, -0.2) is 0 Å². The predicted molar refractivity (Wildman–Crippen MR) is 53.4 cm³/mol. The molecule has 1 aliphatic rings. The van der Waals surface area contributed by atoms with Crippen LogP contribution in [0.15, 0.2) is 0 Å². The second kappa shape index (κ2) is 5.55. The van der Waals surface area contributed by atoms with Crippen LogP contribution in [0, 0.1) is 5.92 Å². The van der Waals surface area contributed by atoms with Crippen LogP contribution in [0.4, 0.5) is 0 Å². The lowest BCUT2D eigenvalue weighted by atomic mass is 10.1. The minimum atomic E-state index is 0.962. The molecule has 0 bridgehead atoms. The van der Waals surface area contributed by atoms with Crippen molar-refractivity contribution >= 4 is 0 Å². The second-order valence-electron chi connectivity index (χ2n) is 3.69. The van der Waals surface area contributed by atoms with Gasteiger partial charge in [-0.15, -0.1) is 0 Å². The molecule has 0 aromatic rings. The van der Waals surface area contributed by atoms with Crippen LogP contribution in [0.1, 0.15) is 26.7 Å². The highest BCUT2D eigenvalue weighted by Crippen LogP contribution is 2.18. The van der Waals surface area contributed by atoms with E-state index in [2.05, 4.69) is 24.1 Å². The van der Waals surface area contributed by atoms with Crippen LogP contribution < -0.4 is 5.32 Å². The molecule has 0 amide bonds. The zero-order chi connectivity index (χ0) is 8.81. The molecule has 0 aromatic heterocycles. The smallest absolute Gasteiger partial charge is 0.00105 e. The summed E-state index contributed by atoms with van der Waals surface area (Å²) in [7, 11) is 0. The molecule has 0 aliphatic carbocycles. The highest BCUT2D eigenvalue weighted by atomic mass is 15.1. The van der Waals surface area contributed by atoms with Crippen molar-refractivity contribution in [2.75, 3.05) is 32.7 Å². The summed E-state index contributed by atoms with van der Waals surface area (Å²) in [5.74, 6) is 0.962. The fourth-order valence-corrected chi connectivity index (χ4v) is 1.92. The fraction of sp³-hybridized carbons (Fsp3) is 1.00. The van der Waals surface area contributed by atoms with Crippen molar-refractivity contribution in [3.05, 3.63) is 0 Å². The molecule has 1 unspecified atom stereocenters. The van der Waals surface area contributed by atoms with Crippen molar-refractivity contribution in [1.82, 2.24) is 10.2 Å². The summed E-state index contributed by atoms with van der Waals surface area (Å²) < 4.78 is 0. The molecular weight excluding hydrogens is 148 g/mol. The summed E-state index contributed by atoms with van der Waals surface area (Å²) in [6.07, 6.45) is 2.78. The summed E-state index contributed by atoms with van der Waals surface area (Å²) in [5, 5.41) is 3.39. The van der Waals surface area contributed by atoms with Gasteiger partial charge in [-0.05, 0) is 44.9 Å².